The van der Waals surface area contributed by atoms with E-state index in [4.69, 9.17) is 17.2 Å². The summed E-state index contributed by atoms with van der Waals surface area (Å²) in [5, 5.41) is 6.69. The minimum Gasteiger partial charge on any atom is -0.284 e. The molecule has 0 amide bonds. The lowest BCUT2D eigenvalue weighted by atomic mass is 9.98. The van der Waals surface area contributed by atoms with Gasteiger partial charge in [-0.3, -0.25) is 10.00 Å². The van der Waals surface area contributed by atoms with Crippen LogP contribution >= 0.6 is 34.9 Å². The van der Waals surface area contributed by atoms with Gasteiger partial charge < -0.3 is 0 Å². The zero-order valence-corrected chi connectivity index (χ0v) is 17.1. The summed E-state index contributed by atoms with van der Waals surface area (Å²) in [6, 6.07) is 12.5. The predicted molar refractivity (Wildman–Crippen MR) is 114 cm³/mol. The minimum atomic E-state index is 0.565. The zero-order chi connectivity index (χ0) is 18.2. The minimum absolute atomic E-state index is 0.565. The summed E-state index contributed by atoms with van der Waals surface area (Å²) in [5.41, 5.74) is 1.13. The number of para-hydroxylation sites is 1. The first-order chi connectivity index (χ1) is 13.3. The van der Waals surface area contributed by atoms with Gasteiger partial charge in [0, 0.05) is 19.0 Å². The molecule has 0 aliphatic carbocycles. The maximum atomic E-state index is 5.44. The molecule has 0 unspecified atom stereocenters. The van der Waals surface area contributed by atoms with Crippen LogP contribution in [0.25, 0.3) is 20.9 Å². The standard InChI is InChI=1S/C19H19N5S3/c25-19-21-17(16-6-3-11-26-16)22-24(19)12-23-9-7-13(8-10-23)18-20-14-4-1-2-5-15(14)27-18/h1-6,11,13H,7-10,12H2,(H,21,22,25). The van der Waals surface area contributed by atoms with Crippen LogP contribution in [0.2, 0.25) is 0 Å². The highest BCUT2D eigenvalue weighted by molar-refractivity contribution is 7.71. The summed E-state index contributed by atoms with van der Waals surface area (Å²) in [5.74, 6) is 1.43. The molecule has 5 nitrogen and oxygen atoms in total. The van der Waals surface area contributed by atoms with Gasteiger partial charge in [0.15, 0.2) is 5.82 Å². The van der Waals surface area contributed by atoms with Gasteiger partial charge in [0.25, 0.3) is 0 Å². The second kappa shape index (κ2) is 7.27. The van der Waals surface area contributed by atoms with Gasteiger partial charge in [0.05, 0.1) is 26.8 Å². The third-order valence-corrected chi connectivity index (χ3v) is 7.41. The van der Waals surface area contributed by atoms with E-state index in [1.807, 2.05) is 22.1 Å². The summed E-state index contributed by atoms with van der Waals surface area (Å²) >= 11 is 8.96. The summed E-state index contributed by atoms with van der Waals surface area (Å²) in [6.45, 7) is 2.87. The number of rotatable bonds is 4. The number of thiazole rings is 1. The molecule has 4 heterocycles. The average Bonchev–Trinajstić information content (AvgIpc) is 3.42. The second-order valence-electron chi connectivity index (χ2n) is 6.81. The van der Waals surface area contributed by atoms with Crippen molar-refractivity contribution in [3.8, 4) is 10.7 Å². The van der Waals surface area contributed by atoms with Gasteiger partial charge in [-0.05, 0) is 48.6 Å². The zero-order valence-electron chi connectivity index (χ0n) is 14.7. The summed E-state index contributed by atoms with van der Waals surface area (Å²) in [6.07, 6.45) is 2.28. The Balaban J connectivity index is 1.25. The van der Waals surface area contributed by atoms with Crippen LogP contribution in [-0.2, 0) is 6.67 Å². The predicted octanol–water partition coefficient (Wildman–Crippen LogP) is 5.12. The number of likely N-dealkylation sites (tertiary alicyclic amines) is 1. The van der Waals surface area contributed by atoms with Crippen LogP contribution in [0.1, 0.15) is 23.8 Å². The van der Waals surface area contributed by atoms with E-state index in [1.54, 1.807) is 11.3 Å². The van der Waals surface area contributed by atoms with Crippen molar-refractivity contribution in [3.05, 3.63) is 51.6 Å². The Bertz CT molecular complexity index is 1070. The van der Waals surface area contributed by atoms with Crippen LogP contribution in [0.4, 0.5) is 0 Å². The number of fused-ring (bicyclic) bond motifs is 1. The van der Waals surface area contributed by atoms with E-state index in [1.165, 1.54) is 9.71 Å². The van der Waals surface area contributed by atoms with E-state index < -0.39 is 0 Å². The molecule has 0 bridgehead atoms. The van der Waals surface area contributed by atoms with E-state index in [9.17, 15) is 0 Å². The number of nitrogens with one attached hydrogen (secondary N) is 1. The van der Waals surface area contributed by atoms with Gasteiger partial charge in [0.1, 0.15) is 0 Å². The maximum Gasteiger partial charge on any atom is 0.217 e. The monoisotopic (exact) mass is 413 g/mol. The lowest BCUT2D eigenvalue weighted by Gasteiger charge is -2.30. The number of hydrogen-bond acceptors (Lipinski definition) is 6. The molecule has 0 spiro atoms. The molecule has 0 radical (unpaired) electrons. The van der Waals surface area contributed by atoms with Crippen molar-refractivity contribution in [2.24, 2.45) is 0 Å². The number of benzene rings is 1. The first kappa shape index (κ1) is 17.2. The number of H-pyrrole nitrogens is 1. The van der Waals surface area contributed by atoms with Crippen LogP contribution in [0.15, 0.2) is 41.8 Å². The highest BCUT2D eigenvalue weighted by atomic mass is 32.1. The lowest BCUT2D eigenvalue weighted by Crippen LogP contribution is -2.34. The second-order valence-corrected chi connectivity index (χ2v) is 9.19. The van der Waals surface area contributed by atoms with Crippen molar-refractivity contribution in [2.45, 2.75) is 25.4 Å². The number of thiophene rings is 1. The Hall–Kier alpha value is -1.87. The smallest absolute Gasteiger partial charge is 0.217 e. The fraction of sp³-hybridized carbons (Fsp3) is 0.316. The molecule has 27 heavy (non-hydrogen) atoms. The quantitative estimate of drug-likeness (QED) is 0.472. The van der Waals surface area contributed by atoms with Gasteiger partial charge in [-0.25, -0.2) is 9.67 Å². The molecule has 8 heteroatoms. The first-order valence-electron chi connectivity index (χ1n) is 9.05. The van der Waals surface area contributed by atoms with Crippen molar-refractivity contribution in [1.82, 2.24) is 24.6 Å². The van der Waals surface area contributed by atoms with Gasteiger partial charge in [-0.15, -0.1) is 22.7 Å². The Labute approximate surface area is 170 Å². The molecule has 1 N–H and O–H groups in total. The molecule has 138 valence electrons. The van der Waals surface area contributed by atoms with Gasteiger partial charge in [0.2, 0.25) is 4.77 Å². The molecule has 5 rings (SSSR count). The Morgan fingerprint density at radius 2 is 1.96 bits per heavy atom. The number of piperidine rings is 1. The topological polar surface area (TPSA) is 49.7 Å². The molecular formula is C19H19N5S3. The SMILES string of the molecule is S=c1nc(-c2cccs2)[nH]n1CN1CCC(c2nc3ccccc3s2)CC1. The largest absolute Gasteiger partial charge is 0.284 e. The van der Waals surface area contributed by atoms with E-state index in [0.29, 0.717) is 10.7 Å². The van der Waals surface area contributed by atoms with Crippen LogP contribution in [0.5, 0.6) is 0 Å². The van der Waals surface area contributed by atoms with E-state index in [2.05, 4.69) is 50.7 Å². The van der Waals surface area contributed by atoms with Crippen LogP contribution in [-0.4, -0.2) is 37.7 Å². The number of aromatic amines is 1. The van der Waals surface area contributed by atoms with Crippen molar-refractivity contribution >= 4 is 45.1 Å². The number of nitrogens with zero attached hydrogens (tertiary/aromatic N) is 4. The van der Waals surface area contributed by atoms with E-state index >= 15 is 0 Å². The highest BCUT2D eigenvalue weighted by Gasteiger charge is 2.23. The molecule has 1 aliphatic rings. The first-order valence-corrected chi connectivity index (χ1v) is 11.2. The Kier molecular flexibility index (Phi) is 4.65. The summed E-state index contributed by atoms with van der Waals surface area (Å²) < 4.78 is 3.88. The summed E-state index contributed by atoms with van der Waals surface area (Å²) in [4.78, 5) is 12.9. The van der Waals surface area contributed by atoms with Crippen molar-refractivity contribution < 1.29 is 0 Å². The van der Waals surface area contributed by atoms with E-state index in [0.717, 1.165) is 48.8 Å². The molecule has 1 saturated heterocycles. The fourth-order valence-corrected chi connectivity index (χ4v) is 5.56. The lowest BCUT2D eigenvalue weighted by molar-refractivity contribution is 0.160. The third kappa shape index (κ3) is 3.50. The normalized spacial score (nSPS) is 16.3. The Morgan fingerprint density at radius 3 is 2.74 bits per heavy atom. The average molecular weight is 414 g/mol. The summed E-state index contributed by atoms with van der Waals surface area (Å²) in [7, 11) is 0. The van der Waals surface area contributed by atoms with Crippen LogP contribution in [0.3, 0.4) is 0 Å². The third-order valence-electron chi connectivity index (χ3n) is 5.02. The molecule has 0 atom stereocenters. The molecule has 1 aromatic carbocycles. The number of hydrogen-bond donors (Lipinski definition) is 1. The van der Waals surface area contributed by atoms with Crippen LogP contribution < -0.4 is 0 Å². The van der Waals surface area contributed by atoms with Gasteiger partial charge >= 0.3 is 0 Å². The highest BCUT2D eigenvalue weighted by Crippen LogP contribution is 2.33. The molecule has 0 saturated carbocycles. The molecule has 3 aromatic heterocycles. The maximum absolute atomic E-state index is 5.44. The van der Waals surface area contributed by atoms with Crippen LogP contribution in [0, 0.1) is 4.77 Å². The fourth-order valence-electron chi connectivity index (χ4n) is 3.56. The van der Waals surface area contributed by atoms with Crippen molar-refractivity contribution in [3.63, 3.8) is 0 Å². The van der Waals surface area contributed by atoms with Gasteiger partial charge in [-0.1, -0.05) is 18.2 Å². The molecular weight excluding hydrogens is 394 g/mol. The molecule has 4 aromatic rings. The number of aromatic nitrogens is 4. The van der Waals surface area contributed by atoms with Crippen molar-refractivity contribution in [1.29, 1.82) is 0 Å². The van der Waals surface area contributed by atoms with Crippen molar-refractivity contribution in [2.75, 3.05) is 13.1 Å². The Morgan fingerprint density at radius 1 is 1.11 bits per heavy atom. The molecule has 1 aliphatic heterocycles. The molecule has 1 fully saturated rings. The van der Waals surface area contributed by atoms with E-state index in [-0.39, 0.29) is 0 Å². The van der Waals surface area contributed by atoms with Gasteiger partial charge in [-0.2, -0.15) is 4.98 Å².